The van der Waals surface area contributed by atoms with Crippen molar-refractivity contribution in [1.29, 1.82) is 0 Å². The highest BCUT2D eigenvalue weighted by Crippen LogP contribution is 2.12. The minimum Gasteiger partial charge on any atom is -0.550 e. The maximum Gasteiger partial charge on any atom is 0.242 e. The lowest BCUT2D eigenvalue weighted by Crippen LogP contribution is -2.54. The van der Waals surface area contributed by atoms with Gasteiger partial charge >= 0.3 is 0 Å². The van der Waals surface area contributed by atoms with E-state index in [-0.39, 0.29) is 31.1 Å². The van der Waals surface area contributed by atoms with Gasteiger partial charge in [-0.2, -0.15) is 0 Å². The molecule has 7 N–H and O–H groups in total. The van der Waals surface area contributed by atoms with Crippen molar-refractivity contribution >= 4 is 29.7 Å². The Labute approximate surface area is 244 Å². The SMILES string of the molecule is CCOC(OCC)C(CCCN=C(N)N)NC(=O)C(CC(C)C)NC(=O)CCC(=O)NC(CC(=O)[O-])C[N+](C)(C)C. The van der Waals surface area contributed by atoms with E-state index in [9.17, 15) is 24.3 Å². The predicted molar refractivity (Wildman–Crippen MR) is 154 cm³/mol. The van der Waals surface area contributed by atoms with Crippen molar-refractivity contribution < 1.29 is 38.2 Å². The lowest BCUT2D eigenvalue weighted by Gasteiger charge is -2.30. The highest BCUT2D eigenvalue weighted by Gasteiger charge is 2.29. The molecule has 0 spiro atoms. The molecular formula is C27H53N7O7. The number of nitrogens with zero attached hydrogens (tertiary/aromatic N) is 2. The van der Waals surface area contributed by atoms with Crippen molar-refractivity contribution in [2.24, 2.45) is 22.4 Å². The van der Waals surface area contributed by atoms with E-state index in [2.05, 4.69) is 20.9 Å². The fraction of sp³-hybridized carbons (Fsp3) is 0.815. The molecule has 0 fully saturated rings. The molecule has 3 atom stereocenters. The number of nitrogens with two attached hydrogens (primary N) is 2. The van der Waals surface area contributed by atoms with Gasteiger partial charge in [-0.3, -0.25) is 19.4 Å². The monoisotopic (exact) mass is 587 g/mol. The first-order chi connectivity index (χ1) is 19.1. The van der Waals surface area contributed by atoms with Crippen LogP contribution in [-0.4, -0.2) is 106 Å². The van der Waals surface area contributed by atoms with E-state index in [1.54, 1.807) is 0 Å². The van der Waals surface area contributed by atoms with Gasteiger partial charge in [0.15, 0.2) is 12.2 Å². The first-order valence-corrected chi connectivity index (χ1v) is 14.3. The summed E-state index contributed by atoms with van der Waals surface area (Å²) in [6.45, 7) is 9.00. The number of carboxylic acids is 1. The van der Waals surface area contributed by atoms with E-state index in [0.29, 0.717) is 50.0 Å². The van der Waals surface area contributed by atoms with Crippen LogP contribution >= 0.6 is 0 Å². The molecule has 0 bridgehead atoms. The lowest BCUT2D eigenvalue weighted by atomic mass is 10.0. The molecule has 0 heterocycles. The van der Waals surface area contributed by atoms with Crippen molar-refractivity contribution in [3.63, 3.8) is 0 Å². The largest absolute Gasteiger partial charge is 0.550 e. The number of amides is 3. The van der Waals surface area contributed by atoms with Crippen LogP contribution in [0.5, 0.6) is 0 Å². The zero-order valence-electron chi connectivity index (χ0n) is 25.9. The molecule has 3 amide bonds. The number of quaternary nitrogens is 1. The summed E-state index contributed by atoms with van der Waals surface area (Å²) < 4.78 is 11.9. The number of hydrogen-bond donors (Lipinski definition) is 5. The number of ether oxygens (including phenoxy) is 2. The molecule has 0 radical (unpaired) electrons. The summed E-state index contributed by atoms with van der Waals surface area (Å²) in [7, 11) is 5.63. The fourth-order valence-electron chi connectivity index (χ4n) is 4.21. The highest BCUT2D eigenvalue weighted by molar-refractivity contribution is 5.89. The molecule has 0 saturated carbocycles. The van der Waals surface area contributed by atoms with Gasteiger partial charge in [0.25, 0.3) is 0 Å². The van der Waals surface area contributed by atoms with Gasteiger partial charge in [0.2, 0.25) is 17.7 Å². The Kier molecular flexibility index (Phi) is 18.5. The van der Waals surface area contributed by atoms with Gasteiger partial charge in [-0.15, -0.1) is 0 Å². The van der Waals surface area contributed by atoms with Crippen LogP contribution in [0.15, 0.2) is 4.99 Å². The van der Waals surface area contributed by atoms with Crippen LogP contribution in [-0.2, 0) is 28.7 Å². The standard InChI is InChI=1S/C27H53N7O7/c1-8-40-26(41-9-2)20(11-10-14-30-27(28)29)33-25(39)21(15-18(3)4)32-23(36)13-12-22(35)31-19(16-24(37)38)17-34(5,6)7/h18-21,26H,8-17H2,1-7H3,(H7-,28,29,30,31,32,33,35,36,37,38,39). The molecule has 0 saturated heterocycles. The Morgan fingerprint density at radius 1 is 0.927 bits per heavy atom. The Hall–Kier alpha value is -2.97. The molecule has 3 unspecified atom stereocenters. The Morgan fingerprint density at radius 3 is 1.95 bits per heavy atom. The Bertz CT molecular complexity index is 836. The summed E-state index contributed by atoms with van der Waals surface area (Å²) in [5, 5.41) is 19.5. The van der Waals surface area contributed by atoms with Crippen molar-refractivity contribution in [1.82, 2.24) is 16.0 Å². The number of guanidine groups is 1. The van der Waals surface area contributed by atoms with Crippen LogP contribution in [0.25, 0.3) is 0 Å². The van der Waals surface area contributed by atoms with Gasteiger partial charge in [0.1, 0.15) is 6.04 Å². The number of aliphatic carboxylic acids is 1. The molecule has 0 aliphatic carbocycles. The first kappa shape index (κ1) is 38.0. The van der Waals surface area contributed by atoms with E-state index >= 15 is 0 Å². The highest BCUT2D eigenvalue weighted by atomic mass is 16.7. The van der Waals surface area contributed by atoms with E-state index in [1.165, 1.54) is 0 Å². The molecule has 0 rings (SSSR count). The third-order valence-corrected chi connectivity index (χ3v) is 5.77. The summed E-state index contributed by atoms with van der Waals surface area (Å²) in [6.07, 6.45) is 0.0366. The van der Waals surface area contributed by atoms with Crippen LogP contribution in [0.1, 0.15) is 66.2 Å². The average Bonchev–Trinajstić information content (AvgIpc) is 2.82. The van der Waals surface area contributed by atoms with Gasteiger partial charge in [0.05, 0.1) is 39.8 Å². The fourth-order valence-corrected chi connectivity index (χ4v) is 4.21. The van der Waals surface area contributed by atoms with Crippen LogP contribution in [0.2, 0.25) is 0 Å². The molecule has 41 heavy (non-hydrogen) atoms. The average molecular weight is 588 g/mol. The number of hydrogen-bond acceptors (Lipinski definition) is 8. The van der Waals surface area contributed by atoms with E-state index in [4.69, 9.17) is 20.9 Å². The molecule has 14 heteroatoms. The molecule has 14 nitrogen and oxygen atoms in total. The molecule has 0 aromatic carbocycles. The second kappa shape index (κ2) is 20.0. The topological polar surface area (TPSA) is 210 Å². The molecule has 0 aromatic rings. The van der Waals surface area contributed by atoms with Gasteiger partial charge in [-0.1, -0.05) is 13.8 Å². The van der Waals surface area contributed by atoms with E-state index in [0.717, 1.165) is 0 Å². The number of carboxylic acid groups (broad SMARTS) is 1. The normalized spacial score (nSPS) is 13.8. The summed E-state index contributed by atoms with van der Waals surface area (Å²) in [4.78, 5) is 53.7. The Balaban J connectivity index is 5.36. The lowest BCUT2D eigenvalue weighted by molar-refractivity contribution is -0.871. The molecule has 0 aliphatic heterocycles. The number of rotatable bonds is 22. The molecule has 238 valence electrons. The molecular weight excluding hydrogens is 534 g/mol. The second-order valence-corrected chi connectivity index (χ2v) is 11.4. The van der Waals surface area contributed by atoms with Crippen molar-refractivity contribution in [2.75, 3.05) is 47.4 Å². The van der Waals surface area contributed by atoms with Crippen LogP contribution in [0.4, 0.5) is 0 Å². The maximum atomic E-state index is 13.4. The maximum absolute atomic E-state index is 13.4. The third kappa shape index (κ3) is 19.7. The summed E-state index contributed by atoms with van der Waals surface area (Å²) >= 11 is 0. The minimum absolute atomic E-state index is 0.0204. The zero-order valence-corrected chi connectivity index (χ0v) is 25.9. The third-order valence-electron chi connectivity index (χ3n) is 5.77. The van der Waals surface area contributed by atoms with Crippen LogP contribution in [0.3, 0.4) is 0 Å². The quantitative estimate of drug-likeness (QED) is 0.0330. The van der Waals surface area contributed by atoms with Crippen LogP contribution < -0.4 is 32.5 Å². The summed E-state index contributed by atoms with van der Waals surface area (Å²) in [6, 6.07) is -2.00. The summed E-state index contributed by atoms with van der Waals surface area (Å²) in [5.74, 6) is -2.53. The summed E-state index contributed by atoms with van der Waals surface area (Å²) in [5.41, 5.74) is 10.8. The van der Waals surface area contributed by atoms with Gasteiger partial charge in [-0.25, -0.2) is 0 Å². The number of nitrogens with one attached hydrogen (secondary N) is 3. The molecule has 0 aliphatic rings. The van der Waals surface area contributed by atoms with Crippen LogP contribution in [0, 0.1) is 5.92 Å². The van der Waals surface area contributed by atoms with Crippen molar-refractivity contribution in [3.8, 4) is 0 Å². The predicted octanol–water partition coefficient (Wildman–Crippen LogP) is -1.43. The van der Waals surface area contributed by atoms with Gasteiger partial charge in [-0.05, 0) is 39.0 Å². The van der Waals surface area contributed by atoms with E-state index < -0.39 is 48.1 Å². The number of aliphatic imine (C=N–C) groups is 1. The minimum atomic E-state index is -1.27. The van der Waals surface area contributed by atoms with Gasteiger partial charge in [0, 0.05) is 45.0 Å². The Morgan fingerprint density at radius 2 is 1.49 bits per heavy atom. The van der Waals surface area contributed by atoms with Crippen molar-refractivity contribution in [2.45, 2.75) is 90.6 Å². The zero-order chi connectivity index (χ0) is 31.6. The smallest absolute Gasteiger partial charge is 0.242 e. The van der Waals surface area contributed by atoms with Crippen molar-refractivity contribution in [3.05, 3.63) is 0 Å². The molecule has 0 aromatic heterocycles. The number of carbonyl (C=O) groups is 4. The second-order valence-electron chi connectivity index (χ2n) is 11.4. The van der Waals surface area contributed by atoms with E-state index in [1.807, 2.05) is 48.8 Å². The number of carbonyl (C=O) groups excluding carboxylic acids is 4. The first-order valence-electron chi connectivity index (χ1n) is 14.3. The number of likely N-dealkylation sites (N-methyl/N-ethyl adjacent to an activating group) is 1. The van der Waals surface area contributed by atoms with Gasteiger partial charge < -0.3 is 51.3 Å².